The number of para-hydroxylation sites is 1. The first-order chi connectivity index (χ1) is 9.22. The highest BCUT2D eigenvalue weighted by Gasteiger charge is 2.14. The number of aliphatic hydroxyl groups is 1. The smallest absolute Gasteiger partial charge is 0.255 e. The maximum Gasteiger partial charge on any atom is 0.255 e. The fourth-order valence-corrected chi connectivity index (χ4v) is 2.41. The molecule has 0 saturated carbocycles. The van der Waals surface area contributed by atoms with Crippen LogP contribution < -0.4 is 10.1 Å². The maximum atomic E-state index is 12.0. The number of amides is 1. The summed E-state index contributed by atoms with van der Waals surface area (Å²) in [6.45, 7) is 0.174. The number of rotatable bonds is 5. The van der Waals surface area contributed by atoms with Gasteiger partial charge >= 0.3 is 0 Å². The number of hydrogen-bond acceptors (Lipinski definition) is 4. The van der Waals surface area contributed by atoms with Gasteiger partial charge in [0.1, 0.15) is 5.75 Å². The second kappa shape index (κ2) is 6.36. The third-order valence-electron chi connectivity index (χ3n) is 2.74. The molecule has 0 saturated heterocycles. The molecule has 1 aromatic heterocycles. The van der Waals surface area contributed by atoms with Crippen molar-refractivity contribution < 1.29 is 14.6 Å². The number of benzene rings is 1. The second-order valence-corrected chi connectivity index (χ2v) is 4.76. The van der Waals surface area contributed by atoms with Crippen molar-refractivity contribution in [2.45, 2.75) is 6.10 Å². The lowest BCUT2D eigenvalue weighted by atomic mass is 10.1. The molecule has 0 aliphatic rings. The van der Waals surface area contributed by atoms with Gasteiger partial charge in [-0.05, 0) is 34.5 Å². The number of nitrogens with one attached hydrogen (secondary N) is 1. The maximum absolute atomic E-state index is 12.0. The highest BCUT2D eigenvalue weighted by Crippen LogP contribution is 2.18. The van der Waals surface area contributed by atoms with Crippen molar-refractivity contribution in [3.05, 3.63) is 52.2 Å². The minimum atomic E-state index is -0.690. The summed E-state index contributed by atoms with van der Waals surface area (Å²) >= 11 is 1.51. The third-order valence-corrected chi connectivity index (χ3v) is 3.44. The molecule has 0 spiro atoms. The van der Waals surface area contributed by atoms with Crippen LogP contribution in [0.3, 0.4) is 0 Å². The van der Waals surface area contributed by atoms with Gasteiger partial charge in [0.25, 0.3) is 5.91 Å². The Labute approximate surface area is 115 Å². The average molecular weight is 277 g/mol. The van der Waals surface area contributed by atoms with E-state index in [1.807, 2.05) is 16.8 Å². The molecule has 1 unspecified atom stereocenters. The Hall–Kier alpha value is -1.85. The van der Waals surface area contributed by atoms with Crippen LogP contribution >= 0.6 is 11.3 Å². The molecule has 2 N–H and O–H groups in total. The minimum Gasteiger partial charge on any atom is -0.496 e. The Morgan fingerprint density at radius 1 is 1.42 bits per heavy atom. The van der Waals surface area contributed by atoms with Gasteiger partial charge in [0.15, 0.2) is 0 Å². The fourth-order valence-electron chi connectivity index (χ4n) is 1.70. The quantitative estimate of drug-likeness (QED) is 0.881. The van der Waals surface area contributed by atoms with Gasteiger partial charge in [0.2, 0.25) is 0 Å². The summed E-state index contributed by atoms with van der Waals surface area (Å²) < 4.78 is 5.12. The molecule has 5 heteroatoms. The van der Waals surface area contributed by atoms with E-state index in [-0.39, 0.29) is 12.5 Å². The summed E-state index contributed by atoms with van der Waals surface area (Å²) in [4.78, 5) is 12.0. The predicted molar refractivity (Wildman–Crippen MR) is 74.6 cm³/mol. The zero-order valence-electron chi connectivity index (χ0n) is 10.5. The standard InChI is InChI=1S/C14H15NO3S/c1-18-13-5-3-2-4-11(13)14(17)15-8-12(16)10-6-7-19-9-10/h2-7,9,12,16H,8H2,1H3,(H,15,17). The summed E-state index contributed by atoms with van der Waals surface area (Å²) in [7, 11) is 1.52. The third kappa shape index (κ3) is 3.33. The van der Waals surface area contributed by atoms with E-state index in [2.05, 4.69) is 5.32 Å². The number of hydrogen-bond donors (Lipinski definition) is 2. The summed E-state index contributed by atoms with van der Waals surface area (Å²) in [5.41, 5.74) is 1.27. The van der Waals surface area contributed by atoms with Crippen LogP contribution in [0.5, 0.6) is 5.75 Å². The molecule has 100 valence electrons. The molecule has 0 radical (unpaired) electrons. The fraction of sp³-hybridized carbons (Fsp3) is 0.214. The second-order valence-electron chi connectivity index (χ2n) is 3.98. The summed E-state index contributed by atoms with van der Waals surface area (Å²) in [5.74, 6) is 0.261. The van der Waals surface area contributed by atoms with Gasteiger partial charge in [-0.2, -0.15) is 11.3 Å². The van der Waals surface area contributed by atoms with Crippen molar-refractivity contribution in [3.8, 4) is 5.75 Å². The van der Waals surface area contributed by atoms with Gasteiger partial charge in [-0.1, -0.05) is 12.1 Å². The van der Waals surface area contributed by atoms with Crippen molar-refractivity contribution in [3.63, 3.8) is 0 Å². The molecule has 0 aliphatic carbocycles. The van der Waals surface area contributed by atoms with E-state index in [0.717, 1.165) is 5.56 Å². The van der Waals surface area contributed by atoms with Crippen molar-refractivity contribution in [2.24, 2.45) is 0 Å². The Kier molecular flexibility index (Phi) is 4.54. The van der Waals surface area contributed by atoms with Crippen molar-refractivity contribution >= 4 is 17.2 Å². The van der Waals surface area contributed by atoms with E-state index in [1.54, 1.807) is 24.3 Å². The first-order valence-electron chi connectivity index (χ1n) is 5.83. The largest absolute Gasteiger partial charge is 0.496 e. The Morgan fingerprint density at radius 2 is 2.21 bits per heavy atom. The normalized spacial score (nSPS) is 11.9. The SMILES string of the molecule is COc1ccccc1C(=O)NCC(O)c1ccsc1. The molecule has 1 atom stereocenters. The van der Waals surface area contributed by atoms with Crippen LogP contribution in [0.25, 0.3) is 0 Å². The topological polar surface area (TPSA) is 58.6 Å². The van der Waals surface area contributed by atoms with Gasteiger partial charge in [-0.25, -0.2) is 0 Å². The molecular formula is C14H15NO3S. The number of ether oxygens (including phenoxy) is 1. The molecule has 1 heterocycles. The number of carbonyl (C=O) groups excluding carboxylic acids is 1. The van der Waals surface area contributed by atoms with Crippen LogP contribution in [0.4, 0.5) is 0 Å². The van der Waals surface area contributed by atoms with Gasteiger partial charge in [-0.15, -0.1) is 0 Å². The molecule has 4 nitrogen and oxygen atoms in total. The molecular weight excluding hydrogens is 262 g/mol. The van der Waals surface area contributed by atoms with Crippen molar-refractivity contribution in [2.75, 3.05) is 13.7 Å². The van der Waals surface area contributed by atoms with E-state index in [4.69, 9.17) is 4.74 Å². The number of methoxy groups -OCH3 is 1. The molecule has 2 rings (SSSR count). The van der Waals surface area contributed by atoms with Crippen molar-refractivity contribution in [1.29, 1.82) is 0 Å². The number of carbonyl (C=O) groups is 1. The Bertz CT molecular complexity index is 539. The summed E-state index contributed by atoms with van der Waals surface area (Å²) in [6, 6.07) is 8.82. The lowest BCUT2D eigenvalue weighted by molar-refractivity contribution is 0.0913. The van der Waals surface area contributed by atoms with Gasteiger partial charge in [0.05, 0.1) is 18.8 Å². The van der Waals surface area contributed by atoms with E-state index in [9.17, 15) is 9.90 Å². The number of thiophene rings is 1. The lowest BCUT2D eigenvalue weighted by Gasteiger charge is -2.12. The highest BCUT2D eigenvalue weighted by atomic mass is 32.1. The first kappa shape index (κ1) is 13.6. The van der Waals surface area contributed by atoms with Gasteiger partial charge < -0.3 is 15.2 Å². The lowest BCUT2D eigenvalue weighted by Crippen LogP contribution is -2.28. The summed E-state index contributed by atoms with van der Waals surface area (Å²) in [5, 5.41) is 16.3. The molecule has 1 amide bonds. The van der Waals surface area contributed by atoms with Crippen LogP contribution in [0.2, 0.25) is 0 Å². The zero-order chi connectivity index (χ0) is 13.7. The van der Waals surface area contributed by atoms with Crippen LogP contribution in [0.15, 0.2) is 41.1 Å². The van der Waals surface area contributed by atoms with Gasteiger partial charge in [0, 0.05) is 6.54 Å². The van der Waals surface area contributed by atoms with Gasteiger partial charge in [-0.3, -0.25) is 4.79 Å². The molecule has 2 aromatic rings. The molecule has 19 heavy (non-hydrogen) atoms. The van der Waals surface area contributed by atoms with Crippen LogP contribution in [-0.2, 0) is 0 Å². The van der Waals surface area contributed by atoms with E-state index >= 15 is 0 Å². The average Bonchev–Trinajstić information content (AvgIpc) is 2.98. The van der Waals surface area contributed by atoms with E-state index < -0.39 is 6.10 Å². The molecule has 0 aliphatic heterocycles. The Morgan fingerprint density at radius 3 is 2.89 bits per heavy atom. The molecule has 1 aromatic carbocycles. The number of aliphatic hydroxyl groups excluding tert-OH is 1. The predicted octanol–water partition coefficient (Wildman–Crippen LogP) is 2.22. The minimum absolute atomic E-state index is 0.174. The van der Waals surface area contributed by atoms with E-state index in [0.29, 0.717) is 11.3 Å². The molecule has 0 bridgehead atoms. The Balaban J connectivity index is 1.98. The summed E-state index contributed by atoms with van der Waals surface area (Å²) in [6.07, 6.45) is -0.690. The van der Waals surface area contributed by atoms with Crippen molar-refractivity contribution in [1.82, 2.24) is 5.32 Å². The molecule has 0 fully saturated rings. The zero-order valence-corrected chi connectivity index (χ0v) is 11.3. The van der Waals surface area contributed by atoms with E-state index in [1.165, 1.54) is 18.4 Å². The van der Waals surface area contributed by atoms with Crippen LogP contribution in [0, 0.1) is 0 Å². The van der Waals surface area contributed by atoms with Crippen LogP contribution in [-0.4, -0.2) is 24.7 Å². The van der Waals surface area contributed by atoms with Crippen LogP contribution in [0.1, 0.15) is 22.0 Å². The highest BCUT2D eigenvalue weighted by molar-refractivity contribution is 7.07. The monoisotopic (exact) mass is 277 g/mol. The first-order valence-corrected chi connectivity index (χ1v) is 6.78.